The molecule has 0 saturated carbocycles. The molecule has 8 aromatic carbocycles. The van der Waals surface area contributed by atoms with Gasteiger partial charge in [0.05, 0.1) is 33.4 Å². The summed E-state index contributed by atoms with van der Waals surface area (Å²) >= 11 is 0. The number of hydrogen-bond acceptors (Lipinski definition) is 0. The van der Waals surface area contributed by atoms with Crippen molar-refractivity contribution in [3.05, 3.63) is 224 Å². The van der Waals surface area contributed by atoms with Crippen molar-refractivity contribution in [3.8, 4) is 11.1 Å². The van der Waals surface area contributed by atoms with Crippen molar-refractivity contribution in [2.75, 3.05) is 0 Å². The molecular formula is C60H26F36P2+2. The first-order valence-electron chi connectivity index (χ1n) is 26.0. The Morgan fingerprint density at radius 3 is 0.408 bits per heavy atom. The first-order chi connectivity index (χ1) is 44.3. The Labute approximate surface area is 523 Å². The summed E-state index contributed by atoms with van der Waals surface area (Å²) in [6.07, 6.45) is -83.0. The molecule has 98 heavy (non-hydrogen) atoms. The summed E-state index contributed by atoms with van der Waals surface area (Å²) in [6, 6.07) is -9.82. The molecule has 0 aliphatic heterocycles. The van der Waals surface area contributed by atoms with Crippen LogP contribution < -0.4 is 42.4 Å². The lowest BCUT2D eigenvalue weighted by Crippen LogP contribution is -2.49. The van der Waals surface area contributed by atoms with E-state index < -0.39 is 282 Å². The van der Waals surface area contributed by atoms with Crippen molar-refractivity contribution in [2.45, 2.75) is 74.1 Å². The number of halogens is 36. The lowest BCUT2D eigenvalue weighted by Gasteiger charge is -2.37. The third-order valence-electron chi connectivity index (χ3n) is 14.8. The second-order valence-corrected chi connectivity index (χ2v) is 27.1. The fourth-order valence-corrected chi connectivity index (χ4v) is 21.9. The Morgan fingerprint density at radius 1 is 0.143 bits per heavy atom. The molecule has 0 amide bonds. The van der Waals surface area contributed by atoms with Gasteiger partial charge in [0.1, 0.15) is 90.3 Å². The summed E-state index contributed by atoms with van der Waals surface area (Å²) in [7, 11) is -15.8. The zero-order valence-electron chi connectivity index (χ0n) is 46.5. The third kappa shape index (κ3) is 13.5. The molecule has 0 aromatic heterocycles. The molecule has 0 aliphatic rings. The van der Waals surface area contributed by atoms with Crippen molar-refractivity contribution in [3.63, 3.8) is 0 Å². The molecule has 0 saturated heterocycles. The van der Waals surface area contributed by atoms with Gasteiger partial charge in [-0.3, -0.25) is 0 Å². The van der Waals surface area contributed by atoms with Gasteiger partial charge < -0.3 is 0 Å². The summed E-state index contributed by atoms with van der Waals surface area (Å²) in [5.74, 6) is 0. The summed E-state index contributed by atoms with van der Waals surface area (Å²) in [5, 5.41) is -22.4. The predicted octanol–water partition coefficient (Wildman–Crippen LogP) is 20.8. The zero-order valence-corrected chi connectivity index (χ0v) is 48.3. The molecule has 0 bridgehead atoms. The summed E-state index contributed by atoms with van der Waals surface area (Å²) in [5.41, 5.74) is -46.1. The first-order valence-corrected chi connectivity index (χ1v) is 29.5. The predicted molar refractivity (Wildman–Crippen MR) is 281 cm³/mol. The van der Waals surface area contributed by atoms with Crippen LogP contribution >= 0.6 is 14.5 Å². The SMILES string of the molecule is FC(F)(F)c1cccc([P+](c2ccccc2-c2ccccc2[P+](c2cccc(C(F)(F)F)c2C(F)(F)F)(c2cccc(C(F)(F)F)c2C(F)(F)F)c2cccc(C(F)(F)F)c2C(F)(F)F)(c2cccc(C(F)(F)F)c2C(F)(F)F)c2cccc(C(F)(F)F)c2C(F)(F)F)c1C(F)(F)F. The van der Waals surface area contributed by atoms with Crippen LogP contribution in [0.3, 0.4) is 0 Å². The third-order valence-corrected chi connectivity index (χ3v) is 23.6. The van der Waals surface area contributed by atoms with Gasteiger partial charge in [0.2, 0.25) is 0 Å². The number of benzene rings is 8. The van der Waals surface area contributed by atoms with Gasteiger partial charge in [-0.1, -0.05) is 72.8 Å². The van der Waals surface area contributed by atoms with Crippen molar-refractivity contribution in [1.29, 1.82) is 0 Å². The van der Waals surface area contributed by atoms with Crippen LogP contribution in [0.15, 0.2) is 158 Å². The zero-order chi connectivity index (χ0) is 74.1. The molecular weight excluding hydrogens is 1470 g/mol. The Hall–Kier alpha value is -7.90. The van der Waals surface area contributed by atoms with Crippen LogP contribution in [0.25, 0.3) is 11.1 Å². The van der Waals surface area contributed by atoms with Crippen LogP contribution in [0.2, 0.25) is 0 Å². The molecule has 0 atom stereocenters. The highest BCUT2D eigenvalue weighted by Gasteiger charge is 2.68. The molecule has 0 radical (unpaired) electrons. The monoisotopic (exact) mass is 1490 g/mol. The van der Waals surface area contributed by atoms with E-state index in [1.165, 1.54) is 0 Å². The first kappa shape index (κ1) is 75.9. The van der Waals surface area contributed by atoms with Gasteiger partial charge in [0, 0.05) is 11.1 Å². The second kappa shape index (κ2) is 24.5. The Balaban J connectivity index is 1.93. The fourth-order valence-electron chi connectivity index (χ4n) is 11.7. The standard InChI is InChI=1S/C60H26F36P2/c61-49(62,63)29-13-5-21-37(43(29)55(79,80)81)97(38-22-6-14-30(50(64,65)66)44(38)56(82,83)84,39-23-7-15-31(51(67,68)69)45(39)57(85,86)87)35-19-3-1-11-27(35)28-12-2-4-20-36(28)98(40-24-8-16-32(52(70,71)72)46(40)58(88,89)90,41-25-9-17-33(53(73,74)75)47(41)59(91,92)93)42-26-10-18-34(54(76,77)78)48(42)60(94,95)96/h1-26H/q+2. The highest BCUT2D eigenvalue weighted by molar-refractivity contribution is 8.02. The van der Waals surface area contributed by atoms with E-state index in [0.29, 0.717) is 0 Å². The van der Waals surface area contributed by atoms with E-state index in [2.05, 4.69) is 0 Å². The molecule has 0 aliphatic carbocycles. The maximum atomic E-state index is 16.3. The van der Waals surface area contributed by atoms with E-state index in [-0.39, 0.29) is 84.9 Å². The van der Waals surface area contributed by atoms with Crippen LogP contribution in [0, 0.1) is 0 Å². The maximum Gasteiger partial charge on any atom is 0.420 e. The maximum absolute atomic E-state index is 16.3. The number of rotatable bonds is 9. The van der Waals surface area contributed by atoms with Gasteiger partial charge in [-0.2, -0.15) is 158 Å². The molecule has 0 nitrogen and oxygen atoms in total. The van der Waals surface area contributed by atoms with Gasteiger partial charge in [0.25, 0.3) is 0 Å². The molecule has 0 spiro atoms. The van der Waals surface area contributed by atoms with Crippen LogP contribution in [-0.4, -0.2) is 0 Å². The van der Waals surface area contributed by atoms with Gasteiger partial charge in [-0.25, -0.2) is 0 Å². The van der Waals surface area contributed by atoms with E-state index in [1.54, 1.807) is 0 Å². The van der Waals surface area contributed by atoms with Crippen molar-refractivity contribution < 1.29 is 158 Å². The van der Waals surface area contributed by atoms with Gasteiger partial charge in [-0.15, -0.1) is 0 Å². The molecule has 38 heteroatoms. The molecule has 0 N–H and O–H groups in total. The van der Waals surface area contributed by atoms with Crippen LogP contribution in [-0.2, 0) is 74.1 Å². The lowest BCUT2D eigenvalue weighted by molar-refractivity contribution is -0.161. The normalized spacial score (nSPS) is 14.1. The highest BCUT2D eigenvalue weighted by atomic mass is 31.2. The minimum atomic E-state index is -7.92. The Bertz CT molecular complexity index is 3680. The van der Waals surface area contributed by atoms with Gasteiger partial charge in [-0.05, 0) is 84.9 Å². The van der Waals surface area contributed by atoms with Crippen molar-refractivity contribution in [1.82, 2.24) is 0 Å². The molecule has 8 rings (SSSR count). The summed E-state index contributed by atoms with van der Waals surface area (Å²) in [6.45, 7) is 0. The quantitative estimate of drug-likeness (QED) is 0.0998. The number of alkyl halides is 36. The van der Waals surface area contributed by atoms with Crippen molar-refractivity contribution >= 4 is 57.0 Å². The van der Waals surface area contributed by atoms with E-state index in [4.69, 9.17) is 0 Å². The summed E-state index contributed by atoms with van der Waals surface area (Å²) in [4.78, 5) is 0. The summed E-state index contributed by atoms with van der Waals surface area (Å²) < 4.78 is 570. The fraction of sp³-hybridized carbons (Fsp3) is 0.200. The van der Waals surface area contributed by atoms with E-state index in [9.17, 15) is 0 Å². The topological polar surface area (TPSA) is 0 Å². The van der Waals surface area contributed by atoms with E-state index >= 15 is 158 Å². The highest BCUT2D eigenvalue weighted by Crippen LogP contribution is 2.67. The van der Waals surface area contributed by atoms with Crippen LogP contribution in [0.1, 0.15) is 66.8 Å². The van der Waals surface area contributed by atoms with E-state index in [1.807, 2.05) is 0 Å². The van der Waals surface area contributed by atoms with Gasteiger partial charge in [0.15, 0.2) is 0 Å². The number of hydrogen-bond donors (Lipinski definition) is 0. The largest absolute Gasteiger partial charge is 0.420 e. The lowest BCUT2D eigenvalue weighted by atomic mass is 10.0. The molecule has 0 unspecified atom stereocenters. The molecule has 0 fully saturated rings. The Kier molecular flexibility index (Phi) is 18.9. The molecule has 526 valence electrons. The smallest absolute Gasteiger partial charge is 0.166 e. The average molecular weight is 1490 g/mol. The minimum absolute atomic E-state index is 0.0961. The second-order valence-electron chi connectivity index (χ2n) is 20.5. The molecule has 0 heterocycles. The molecule has 8 aromatic rings. The van der Waals surface area contributed by atoms with Crippen LogP contribution in [0.5, 0.6) is 0 Å². The average Bonchev–Trinajstić information content (AvgIpc) is 0.688. The van der Waals surface area contributed by atoms with E-state index in [0.717, 1.165) is 0 Å². The van der Waals surface area contributed by atoms with Crippen molar-refractivity contribution in [2.24, 2.45) is 0 Å². The Morgan fingerprint density at radius 2 is 0.276 bits per heavy atom. The van der Waals surface area contributed by atoms with Gasteiger partial charge >= 0.3 is 74.1 Å². The van der Waals surface area contributed by atoms with Crippen LogP contribution in [0.4, 0.5) is 158 Å². The minimum Gasteiger partial charge on any atom is -0.166 e.